The largest absolute Gasteiger partial charge is 0.497 e. The van der Waals surface area contributed by atoms with E-state index in [0.717, 1.165) is 29.8 Å². The second kappa shape index (κ2) is 10.6. The van der Waals surface area contributed by atoms with Crippen molar-refractivity contribution in [3.05, 3.63) is 70.6 Å². The fraction of sp³-hybridized carbons (Fsp3) is 0.333. The lowest BCUT2D eigenvalue weighted by Crippen LogP contribution is -2.39. The maximum atomic E-state index is 12.4. The van der Waals surface area contributed by atoms with Crippen LogP contribution in [0, 0.1) is 0 Å². The molecule has 1 N–H and O–H groups in total. The Kier molecular flexibility index (Phi) is 7.67. The van der Waals surface area contributed by atoms with Crippen molar-refractivity contribution < 1.29 is 18.7 Å². The summed E-state index contributed by atoms with van der Waals surface area (Å²) in [7, 11) is 1.64. The number of carbonyl (C=O) groups is 1. The number of hydrogen-bond acceptors (Lipinski definition) is 6. The summed E-state index contributed by atoms with van der Waals surface area (Å²) in [6.07, 6.45) is 0. The van der Waals surface area contributed by atoms with E-state index in [1.165, 1.54) is 6.07 Å². The van der Waals surface area contributed by atoms with E-state index in [4.69, 9.17) is 13.9 Å². The zero-order valence-electron chi connectivity index (χ0n) is 18.1. The normalized spacial score (nSPS) is 12.0. The number of hydrogen-bond donors (Lipinski definition) is 1. The monoisotopic (exact) mass is 424 g/mol. The highest BCUT2D eigenvalue weighted by Gasteiger charge is 2.19. The van der Waals surface area contributed by atoms with Crippen LogP contribution in [0.5, 0.6) is 11.5 Å². The first-order valence-corrected chi connectivity index (χ1v) is 10.4. The van der Waals surface area contributed by atoms with E-state index >= 15 is 0 Å². The molecular weight excluding hydrogens is 396 g/mol. The molecule has 31 heavy (non-hydrogen) atoms. The molecule has 1 unspecified atom stereocenters. The molecule has 3 rings (SSSR count). The summed E-state index contributed by atoms with van der Waals surface area (Å²) in [5.41, 5.74) is 1.07. The SMILES string of the molecule is CCN(CC)C(CNC(=O)COc1ccc2ccc(=O)oc2c1)c1cccc(OC)c1. The summed E-state index contributed by atoms with van der Waals surface area (Å²) in [5.74, 6) is 1.02. The molecule has 1 atom stereocenters. The van der Waals surface area contributed by atoms with Crippen molar-refractivity contribution in [2.45, 2.75) is 19.9 Å². The smallest absolute Gasteiger partial charge is 0.336 e. The number of fused-ring (bicyclic) bond motifs is 1. The summed E-state index contributed by atoms with van der Waals surface area (Å²) in [6, 6.07) is 16.1. The fourth-order valence-corrected chi connectivity index (χ4v) is 3.51. The summed E-state index contributed by atoms with van der Waals surface area (Å²) < 4.78 is 16.1. The maximum Gasteiger partial charge on any atom is 0.336 e. The molecule has 3 aromatic rings. The van der Waals surface area contributed by atoms with Crippen LogP contribution >= 0.6 is 0 Å². The van der Waals surface area contributed by atoms with Crippen LogP contribution in [0.15, 0.2) is 63.8 Å². The van der Waals surface area contributed by atoms with Gasteiger partial charge in [-0.2, -0.15) is 0 Å². The summed E-state index contributed by atoms with van der Waals surface area (Å²) in [4.78, 5) is 26.1. The van der Waals surface area contributed by atoms with Crippen molar-refractivity contribution in [3.63, 3.8) is 0 Å². The van der Waals surface area contributed by atoms with Gasteiger partial charge in [0.2, 0.25) is 0 Å². The molecule has 0 saturated heterocycles. The molecule has 0 radical (unpaired) electrons. The van der Waals surface area contributed by atoms with Gasteiger partial charge in [0.1, 0.15) is 17.1 Å². The van der Waals surface area contributed by atoms with Crippen LogP contribution < -0.4 is 20.4 Å². The molecule has 0 spiro atoms. The molecule has 0 aliphatic heterocycles. The Hall–Kier alpha value is -3.32. The van der Waals surface area contributed by atoms with Gasteiger partial charge in [-0.1, -0.05) is 26.0 Å². The highest BCUT2D eigenvalue weighted by molar-refractivity contribution is 5.79. The van der Waals surface area contributed by atoms with Crippen LogP contribution in [0.1, 0.15) is 25.5 Å². The quantitative estimate of drug-likeness (QED) is 0.503. The zero-order chi connectivity index (χ0) is 22.2. The van der Waals surface area contributed by atoms with Gasteiger partial charge in [0.25, 0.3) is 5.91 Å². The number of carbonyl (C=O) groups excluding carboxylic acids is 1. The third-order valence-electron chi connectivity index (χ3n) is 5.19. The summed E-state index contributed by atoms with van der Waals surface area (Å²) in [6.45, 7) is 6.22. The summed E-state index contributed by atoms with van der Waals surface area (Å²) in [5, 5.41) is 3.75. The standard InChI is InChI=1S/C24H28N2O5/c1-4-26(5-2)21(18-7-6-8-19(13-18)29-3)15-25-23(27)16-30-20-11-9-17-10-12-24(28)31-22(17)14-20/h6-14,21H,4-5,15-16H2,1-3H3,(H,25,27). The molecule has 164 valence electrons. The molecule has 0 aliphatic carbocycles. The highest BCUT2D eigenvalue weighted by Crippen LogP contribution is 2.24. The number of methoxy groups -OCH3 is 1. The predicted octanol–water partition coefficient (Wildman–Crippen LogP) is 3.38. The third-order valence-corrected chi connectivity index (χ3v) is 5.19. The number of likely N-dealkylation sites (N-methyl/N-ethyl adjacent to an activating group) is 1. The fourth-order valence-electron chi connectivity index (χ4n) is 3.51. The van der Waals surface area contributed by atoms with Crippen LogP contribution in [0.4, 0.5) is 0 Å². The van der Waals surface area contributed by atoms with Gasteiger partial charge < -0.3 is 19.2 Å². The van der Waals surface area contributed by atoms with Crippen molar-refractivity contribution in [1.29, 1.82) is 0 Å². The Balaban J connectivity index is 1.63. The van der Waals surface area contributed by atoms with Crippen molar-refractivity contribution in [1.82, 2.24) is 10.2 Å². The van der Waals surface area contributed by atoms with Crippen molar-refractivity contribution in [3.8, 4) is 11.5 Å². The molecule has 0 saturated carbocycles. The van der Waals surface area contributed by atoms with E-state index in [-0.39, 0.29) is 18.6 Å². The molecule has 7 heteroatoms. The number of amides is 1. The molecule has 0 fully saturated rings. The van der Waals surface area contributed by atoms with E-state index < -0.39 is 5.63 Å². The van der Waals surface area contributed by atoms with Gasteiger partial charge in [-0.3, -0.25) is 9.69 Å². The van der Waals surface area contributed by atoms with E-state index in [1.807, 2.05) is 24.3 Å². The Morgan fingerprint density at radius 2 is 1.84 bits per heavy atom. The Morgan fingerprint density at radius 1 is 1.06 bits per heavy atom. The van der Waals surface area contributed by atoms with Gasteiger partial charge in [0.05, 0.1) is 13.2 Å². The van der Waals surface area contributed by atoms with E-state index in [2.05, 4.69) is 24.1 Å². The summed E-state index contributed by atoms with van der Waals surface area (Å²) >= 11 is 0. The molecule has 0 aliphatic rings. The lowest BCUT2D eigenvalue weighted by atomic mass is 10.0. The average Bonchev–Trinajstić information content (AvgIpc) is 2.80. The van der Waals surface area contributed by atoms with E-state index in [1.54, 1.807) is 31.4 Å². The predicted molar refractivity (Wildman–Crippen MR) is 120 cm³/mol. The van der Waals surface area contributed by atoms with Gasteiger partial charge in [-0.15, -0.1) is 0 Å². The number of nitrogens with one attached hydrogen (secondary N) is 1. The molecule has 1 heterocycles. The van der Waals surface area contributed by atoms with Crippen molar-refractivity contribution in [2.24, 2.45) is 0 Å². The molecule has 1 aromatic heterocycles. The number of rotatable bonds is 10. The number of nitrogens with zero attached hydrogens (tertiary/aromatic N) is 1. The topological polar surface area (TPSA) is 81.0 Å². The molecule has 1 amide bonds. The first kappa shape index (κ1) is 22.4. The molecular formula is C24H28N2O5. The van der Waals surface area contributed by atoms with Crippen LogP contribution in [0.2, 0.25) is 0 Å². The van der Waals surface area contributed by atoms with Crippen molar-refractivity contribution in [2.75, 3.05) is 33.4 Å². The van der Waals surface area contributed by atoms with Gasteiger partial charge >= 0.3 is 5.63 Å². The van der Waals surface area contributed by atoms with Gasteiger partial charge in [0, 0.05) is 24.1 Å². The van der Waals surface area contributed by atoms with Gasteiger partial charge in [-0.25, -0.2) is 4.79 Å². The number of benzene rings is 2. The zero-order valence-corrected chi connectivity index (χ0v) is 18.1. The van der Waals surface area contributed by atoms with Crippen LogP contribution in [-0.2, 0) is 4.79 Å². The molecule has 7 nitrogen and oxygen atoms in total. The highest BCUT2D eigenvalue weighted by atomic mass is 16.5. The first-order chi connectivity index (χ1) is 15.0. The van der Waals surface area contributed by atoms with Crippen LogP contribution in [0.25, 0.3) is 11.0 Å². The minimum atomic E-state index is -0.428. The van der Waals surface area contributed by atoms with Crippen LogP contribution in [0.3, 0.4) is 0 Å². The maximum absolute atomic E-state index is 12.4. The van der Waals surface area contributed by atoms with E-state index in [9.17, 15) is 9.59 Å². The minimum absolute atomic E-state index is 0.0176. The number of ether oxygens (including phenoxy) is 2. The minimum Gasteiger partial charge on any atom is -0.497 e. The molecule has 0 bridgehead atoms. The lowest BCUT2D eigenvalue weighted by Gasteiger charge is -2.30. The Labute approximate surface area is 181 Å². The van der Waals surface area contributed by atoms with Crippen molar-refractivity contribution >= 4 is 16.9 Å². The van der Waals surface area contributed by atoms with E-state index in [0.29, 0.717) is 17.9 Å². The van der Waals surface area contributed by atoms with Gasteiger partial charge in [0.15, 0.2) is 6.61 Å². The van der Waals surface area contributed by atoms with Gasteiger partial charge in [-0.05, 0) is 49.0 Å². The molecule has 2 aromatic carbocycles. The third kappa shape index (κ3) is 5.86. The first-order valence-electron chi connectivity index (χ1n) is 10.4. The van der Waals surface area contributed by atoms with Crippen LogP contribution in [-0.4, -0.2) is 44.2 Å². The average molecular weight is 424 g/mol. The Morgan fingerprint density at radius 3 is 2.58 bits per heavy atom. The lowest BCUT2D eigenvalue weighted by molar-refractivity contribution is -0.123. The Bertz CT molecular complexity index is 1070. The second-order valence-electron chi connectivity index (χ2n) is 7.06. The second-order valence-corrected chi connectivity index (χ2v) is 7.06.